The number of halogens is 1. The zero-order valence-electron chi connectivity index (χ0n) is 18.1. The van der Waals surface area contributed by atoms with Gasteiger partial charge in [-0.3, -0.25) is 4.79 Å². The van der Waals surface area contributed by atoms with Crippen LogP contribution in [0.5, 0.6) is 11.5 Å². The van der Waals surface area contributed by atoms with Gasteiger partial charge in [0.15, 0.2) is 11.5 Å². The van der Waals surface area contributed by atoms with Gasteiger partial charge in [-0.15, -0.1) is 0 Å². The Bertz CT molecular complexity index is 1070. The molecule has 3 N–H and O–H groups in total. The van der Waals surface area contributed by atoms with E-state index in [2.05, 4.69) is 15.8 Å². The van der Waals surface area contributed by atoms with E-state index in [0.717, 1.165) is 19.3 Å². The van der Waals surface area contributed by atoms with E-state index >= 15 is 0 Å². The Balaban J connectivity index is 1.51. The average molecular weight is 473 g/mol. The first-order valence-corrected chi connectivity index (χ1v) is 11.1. The summed E-state index contributed by atoms with van der Waals surface area (Å²) in [6.45, 7) is 0.147. The molecule has 10 heteroatoms. The maximum atomic E-state index is 13.3. The van der Waals surface area contributed by atoms with Crippen molar-refractivity contribution in [3.63, 3.8) is 0 Å². The number of nitrogens with zero attached hydrogens (tertiary/aromatic N) is 2. The summed E-state index contributed by atoms with van der Waals surface area (Å²) < 4.78 is 5.10. The number of carbonyl (C=O) groups is 2. The normalized spacial score (nSPS) is 16.7. The fraction of sp³-hybridized carbons (Fsp3) is 0.348. The molecular weight excluding hydrogens is 448 g/mol. The Morgan fingerprint density at radius 2 is 1.91 bits per heavy atom. The molecule has 0 bridgehead atoms. The Kier molecular flexibility index (Phi) is 6.60. The van der Waals surface area contributed by atoms with Gasteiger partial charge in [-0.1, -0.05) is 29.2 Å². The van der Waals surface area contributed by atoms with E-state index in [1.807, 2.05) is 0 Å². The van der Waals surface area contributed by atoms with Crippen molar-refractivity contribution in [3.8, 4) is 11.5 Å². The Hall–Kier alpha value is -3.46. The first-order valence-electron chi connectivity index (χ1n) is 10.7. The van der Waals surface area contributed by atoms with Gasteiger partial charge in [0.1, 0.15) is 0 Å². The highest BCUT2D eigenvalue weighted by atomic mass is 35.5. The van der Waals surface area contributed by atoms with Crippen LogP contribution in [0.2, 0.25) is 5.02 Å². The summed E-state index contributed by atoms with van der Waals surface area (Å²) in [5.74, 6) is -0.344. The van der Waals surface area contributed by atoms with Crippen LogP contribution in [-0.4, -0.2) is 40.6 Å². The average Bonchev–Trinajstić information content (AvgIpc) is 3.18. The monoisotopic (exact) mass is 472 g/mol. The van der Waals surface area contributed by atoms with Gasteiger partial charge in [0.2, 0.25) is 11.6 Å². The van der Waals surface area contributed by atoms with Crippen LogP contribution in [-0.2, 0) is 16.2 Å². The van der Waals surface area contributed by atoms with Crippen LogP contribution in [0, 0.1) is 0 Å². The maximum Gasteiger partial charge on any atom is 0.331 e. The Labute approximate surface area is 196 Å². The van der Waals surface area contributed by atoms with Crippen LogP contribution in [0.3, 0.4) is 0 Å². The third-order valence-electron chi connectivity index (χ3n) is 5.76. The van der Waals surface area contributed by atoms with Crippen LogP contribution in [0.1, 0.15) is 37.7 Å². The minimum atomic E-state index is -0.983. The van der Waals surface area contributed by atoms with Gasteiger partial charge in [-0.2, -0.15) is 0 Å². The minimum absolute atomic E-state index is 0.00503. The lowest BCUT2D eigenvalue weighted by Crippen LogP contribution is -2.57. The number of carbonyl (C=O) groups excluding carboxylic acids is 2. The molecule has 0 radical (unpaired) electrons. The molecule has 0 atom stereocenters. The third-order valence-corrected chi connectivity index (χ3v) is 6.01. The first kappa shape index (κ1) is 22.7. The second-order valence-electron chi connectivity index (χ2n) is 7.97. The third kappa shape index (κ3) is 4.83. The number of methoxy groups -OCH3 is 1. The smallest absolute Gasteiger partial charge is 0.331 e. The summed E-state index contributed by atoms with van der Waals surface area (Å²) in [4.78, 5) is 33.4. The number of ether oxygens (including phenoxy) is 1. The van der Waals surface area contributed by atoms with Gasteiger partial charge >= 0.3 is 6.03 Å². The second kappa shape index (κ2) is 9.58. The molecule has 33 heavy (non-hydrogen) atoms. The quantitative estimate of drug-likeness (QED) is 0.603. The molecule has 1 heterocycles. The molecular formula is C23H25ClN4O5. The van der Waals surface area contributed by atoms with E-state index in [4.69, 9.17) is 21.2 Å². The summed E-state index contributed by atoms with van der Waals surface area (Å²) in [7, 11) is 1.45. The number of amides is 3. The van der Waals surface area contributed by atoms with Crippen molar-refractivity contribution in [2.24, 2.45) is 5.16 Å². The number of hydrogen-bond donors (Lipinski definition) is 3. The predicted molar refractivity (Wildman–Crippen MR) is 123 cm³/mol. The highest BCUT2D eigenvalue weighted by Gasteiger charge is 2.52. The number of aromatic hydroxyl groups is 1. The number of benzene rings is 2. The standard InChI is InChI=1S/C23H25ClN4O5/c1-32-19-13-15(5-10-18(19)29)14-25-21(30)20-27-33-23(11-3-2-4-12-23)28(20)22(31)26-17-8-6-16(24)7-9-17/h5-10,13,29H,2-4,11-12,14H2,1H3,(H,25,30)(H,26,31). The molecule has 4 rings (SSSR count). The Morgan fingerprint density at radius 1 is 1.18 bits per heavy atom. The maximum absolute atomic E-state index is 13.3. The van der Waals surface area contributed by atoms with Crippen molar-refractivity contribution in [2.45, 2.75) is 44.4 Å². The van der Waals surface area contributed by atoms with Crippen LogP contribution in [0.15, 0.2) is 47.6 Å². The van der Waals surface area contributed by atoms with Crippen molar-refractivity contribution in [1.82, 2.24) is 10.2 Å². The number of urea groups is 1. The molecule has 1 aliphatic heterocycles. The van der Waals surface area contributed by atoms with Gasteiger partial charge in [0.25, 0.3) is 5.91 Å². The number of phenolic OH excluding ortho intramolecular Hbond substituents is 1. The van der Waals surface area contributed by atoms with Gasteiger partial charge in [0.05, 0.1) is 7.11 Å². The van der Waals surface area contributed by atoms with Gasteiger partial charge in [-0.25, -0.2) is 9.69 Å². The number of hydrogen-bond acceptors (Lipinski definition) is 6. The summed E-state index contributed by atoms with van der Waals surface area (Å²) >= 11 is 5.93. The lowest BCUT2D eigenvalue weighted by Gasteiger charge is -2.38. The predicted octanol–water partition coefficient (Wildman–Crippen LogP) is 4.21. The van der Waals surface area contributed by atoms with Gasteiger partial charge < -0.3 is 25.3 Å². The molecule has 0 saturated heterocycles. The van der Waals surface area contributed by atoms with Crippen molar-refractivity contribution >= 4 is 35.1 Å². The number of nitrogens with one attached hydrogen (secondary N) is 2. The Morgan fingerprint density at radius 3 is 2.61 bits per heavy atom. The van der Waals surface area contributed by atoms with E-state index in [1.165, 1.54) is 18.1 Å². The molecule has 174 valence electrons. The first-order chi connectivity index (χ1) is 15.9. The number of phenols is 1. The fourth-order valence-electron chi connectivity index (χ4n) is 4.05. The SMILES string of the molecule is COc1cc(CNC(=O)C2=NOC3(CCCCC3)N2C(=O)Nc2ccc(Cl)cc2)ccc1O. The van der Waals surface area contributed by atoms with Crippen molar-refractivity contribution in [1.29, 1.82) is 0 Å². The molecule has 1 saturated carbocycles. The number of rotatable bonds is 5. The molecule has 1 fully saturated rings. The summed E-state index contributed by atoms with van der Waals surface area (Å²) in [5, 5.41) is 19.9. The molecule has 1 aliphatic carbocycles. The van der Waals surface area contributed by atoms with E-state index in [1.54, 1.807) is 36.4 Å². The van der Waals surface area contributed by atoms with Crippen molar-refractivity contribution in [3.05, 3.63) is 53.1 Å². The summed E-state index contributed by atoms with van der Waals surface area (Å²) in [5.41, 5.74) is 0.267. The number of oxime groups is 1. The molecule has 1 spiro atoms. The van der Waals surface area contributed by atoms with Crippen LogP contribution < -0.4 is 15.4 Å². The molecule has 2 aromatic rings. The topological polar surface area (TPSA) is 112 Å². The number of anilines is 1. The summed E-state index contributed by atoms with van der Waals surface area (Å²) in [6, 6.07) is 11.0. The van der Waals surface area contributed by atoms with E-state index in [9.17, 15) is 14.7 Å². The van der Waals surface area contributed by atoms with Crippen LogP contribution in [0.4, 0.5) is 10.5 Å². The molecule has 0 aromatic heterocycles. The largest absolute Gasteiger partial charge is 0.504 e. The minimum Gasteiger partial charge on any atom is -0.504 e. The molecule has 0 unspecified atom stereocenters. The highest BCUT2D eigenvalue weighted by Crippen LogP contribution is 2.39. The van der Waals surface area contributed by atoms with Gasteiger partial charge in [-0.05, 0) is 54.8 Å². The van der Waals surface area contributed by atoms with Crippen LogP contribution in [0.25, 0.3) is 0 Å². The van der Waals surface area contributed by atoms with E-state index < -0.39 is 17.7 Å². The second-order valence-corrected chi connectivity index (χ2v) is 8.41. The zero-order chi connectivity index (χ0) is 23.4. The highest BCUT2D eigenvalue weighted by molar-refractivity contribution is 6.41. The van der Waals surface area contributed by atoms with E-state index in [-0.39, 0.29) is 18.1 Å². The van der Waals surface area contributed by atoms with E-state index in [0.29, 0.717) is 34.9 Å². The lowest BCUT2D eigenvalue weighted by molar-refractivity contribution is -0.117. The summed E-state index contributed by atoms with van der Waals surface area (Å²) in [6.07, 6.45) is 3.92. The fourth-order valence-corrected chi connectivity index (χ4v) is 4.18. The molecule has 2 aromatic carbocycles. The van der Waals surface area contributed by atoms with Crippen molar-refractivity contribution < 1.29 is 24.3 Å². The zero-order valence-corrected chi connectivity index (χ0v) is 18.9. The lowest BCUT2D eigenvalue weighted by atomic mass is 9.90. The van der Waals surface area contributed by atoms with Crippen molar-refractivity contribution in [2.75, 3.05) is 12.4 Å². The number of amidine groups is 1. The molecule has 2 aliphatic rings. The van der Waals surface area contributed by atoms with Crippen LogP contribution >= 0.6 is 11.6 Å². The molecule has 3 amide bonds. The van der Waals surface area contributed by atoms with Gasteiger partial charge in [0, 0.05) is 30.1 Å². The molecule has 9 nitrogen and oxygen atoms in total.